The van der Waals surface area contributed by atoms with Gasteiger partial charge in [-0.05, 0) is 24.8 Å². The number of hydrogen-bond acceptors (Lipinski definition) is 3. The van der Waals surface area contributed by atoms with Gasteiger partial charge < -0.3 is 11.1 Å². The van der Waals surface area contributed by atoms with E-state index in [1.807, 2.05) is 11.4 Å². The first kappa shape index (κ1) is 14.1. The number of carbonyl (C=O) groups excluding carboxylic acids is 1. The van der Waals surface area contributed by atoms with E-state index in [-0.39, 0.29) is 11.8 Å². The number of thiophene rings is 1. The van der Waals surface area contributed by atoms with E-state index in [0.29, 0.717) is 19.0 Å². The molecule has 0 aliphatic heterocycles. The Hall–Kier alpha value is -1.31. The molecule has 1 amide bonds. The summed E-state index contributed by atoms with van der Waals surface area (Å²) in [5, 5.41) is 5.04. The van der Waals surface area contributed by atoms with E-state index in [1.165, 1.54) is 12.8 Å². The van der Waals surface area contributed by atoms with Crippen LogP contribution in [0.2, 0.25) is 0 Å². The highest BCUT2D eigenvalue weighted by atomic mass is 32.1. The van der Waals surface area contributed by atoms with Gasteiger partial charge in [0.1, 0.15) is 0 Å². The molecule has 3 nitrogen and oxygen atoms in total. The van der Waals surface area contributed by atoms with Crippen molar-refractivity contribution in [3.05, 3.63) is 21.9 Å². The standard InChI is InChI=1S/C15H20N2OS/c1-11-4-2-6-14(11)15(18)17-9-13-8-12(10-19-13)5-3-7-16/h8,10-11,14H,2,4,6-7,9,16H2,1H3,(H,17,18). The lowest BCUT2D eigenvalue weighted by atomic mass is 9.97. The van der Waals surface area contributed by atoms with Gasteiger partial charge in [0.05, 0.1) is 13.1 Å². The summed E-state index contributed by atoms with van der Waals surface area (Å²) in [6.07, 6.45) is 3.39. The molecule has 1 fully saturated rings. The molecule has 3 N–H and O–H groups in total. The van der Waals surface area contributed by atoms with Crippen LogP contribution in [0.5, 0.6) is 0 Å². The van der Waals surface area contributed by atoms with Gasteiger partial charge >= 0.3 is 0 Å². The fourth-order valence-corrected chi connectivity index (χ4v) is 3.29. The van der Waals surface area contributed by atoms with Crippen LogP contribution >= 0.6 is 11.3 Å². The SMILES string of the molecule is CC1CCCC1C(=O)NCc1cc(C#CCN)cs1. The van der Waals surface area contributed by atoms with E-state index in [2.05, 4.69) is 24.1 Å². The fraction of sp³-hybridized carbons (Fsp3) is 0.533. The second kappa shape index (κ2) is 6.74. The minimum absolute atomic E-state index is 0.202. The van der Waals surface area contributed by atoms with E-state index >= 15 is 0 Å². The van der Waals surface area contributed by atoms with Crippen LogP contribution in [-0.4, -0.2) is 12.5 Å². The van der Waals surface area contributed by atoms with E-state index in [9.17, 15) is 4.79 Å². The van der Waals surface area contributed by atoms with Crippen LogP contribution in [0.4, 0.5) is 0 Å². The van der Waals surface area contributed by atoms with Gasteiger partial charge in [-0.25, -0.2) is 0 Å². The van der Waals surface area contributed by atoms with Crippen LogP contribution in [-0.2, 0) is 11.3 Å². The third-order valence-corrected chi connectivity index (χ3v) is 4.56. The number of rotatable bonds is 3. The highest BCUT2D eigenvalue weighted by Gasteiger charge is 2.29. The van der Waals surface area contributed by atoms with E-state index in [4.69, 9.17) is 5.73 Å². The molecule has 0 aromatic carbocycles. The van der Waals surface area contributed by atoms with Crippen LogP contribution in [0, 0.1) is 23.7 Å². The van der Waals surface area contributed by atoms with Gasteiger partial charge in [0, 0.05) is 21.7 Å². The molecule has 102 valence electrons. The first-order valence-electron chi connectivity index (χ1n) is 6.74. The van der Waals surface area contributed by atoms with Crippen molar-refractivity contribution in [1.29, 1.82) is 0 Å². The largest absolute Gasteiger partial charge is 0.351 e. The summed E-state index contributed by atoms with van der Waals surface area (Å²) in [6, 6.07) is 2.02. The summed E-state index contributed by atoms with van der Waals surface area (Å²) in [6.45, 7) is 3.15. The monoisotopic (exact) mass is 276 g/mol. The quantitative estimate of drug-likeness (QED) is 0.831. The predicted molar refractivity (Wildman–Crippen MR) is 78.6 cm³/mol. The lowest BCUT2D eigenvalue weighted by molar-refractivity contribution is -0.126. The molecule has 1 saturated carbocycles. The summed E-state index contributed by atoms with van der Waals surface area (Å²) in [5.74, 6) is 6.76. The first-order valence-corrected chi connectivity index (χ1v) is 7.62. The Morgan fingerprint density at radius 3 is 3.11 bits per heavy atom. The summed E-state index contributed by atoms with van der Waals surface area (Å²) >= 11 is 1.63. The van der Waals surface area contributed by atoms with Gasteiger partial charge in [-0.2, -0.15) is 0 Å². The molecule has 0 saturated heterocycles. The van der Waals surface area contributed by atoms with Gasteiger partial charge in [0.2, 0.25) is 5.91 Å². The van der Waals surface area contributed by atoms with Crippen molar-refractivity contribution in [3.8, 4) is 11.8 Å². The summed E-state index contributed by atoms with van der Waals surface area (Å²) < 4.78 is 0. The van der Waals surface area contributed by atoms with Crippen LogP contribution < -0.4 is 11.1 Å². The maximum absolute atomic E-state index is 12.1. The molecule has 2 unspecified atom stereocenters. The molecular weight excluding hydrogens is 256 g/mol. The third kappa shape index (κ3) is 3.82. The Morgan fingerprint density at radius 2 is 2.42 bits per heavy atom. The molecule has 1 aliphatic carbocycles. The second-order valence-electron chi connectivity index (χ2n) is 5.04. The van der Waals surface area contributed by atoms with Crippen LogP contribution in [0.15, 0.2) is 11.4 Å². The van der Waals surface area contributed by atoms with Crippen LogP contribution in [0.3, 0.4) is 0 Å². The van der Waals surface area contributed by atoms with Crippen LogP contribution in [0.25, 0.3) is 0 Å². The van der Waals surface area contributed by atoms with Crippen molar-refractivity contribution in [3.63, 3.8) is 0 Å². The van der Waals surface area contributed by atoms with Crippen LogP contribution in [0.1, 0.15) is 36.6 Å². The molecule has 1 aromatic heterocycles. The molecule has 0 spiro atoms. The molecule has 2 rings (SSSR count). The van der Waals surface area contributed by atoms with Gasteiger partial charge in [0.15, 0.2) is 0 Å². The normalized spacial score (nSPS) is 21.8. The van der Waals surface area contributed by atoms with Crippen molar-refractivity contribution in [2.24, 2.45) is 17.6 Å². The Kier molecular flexibility index (Phi) is 5.00. The third-order valence-electron chi connectivity index (χ3n) is 3.62. The molecule has 19 heavy (non-hydrogen) atoms. The van der Waals surface area contributed by atoms with E-state index in [1.54, 1.807) is 11.3 Å². The van der Waals surface area contributed by atoms with Crippen molar-refractivity contribution in [2.75, 3.05) is 6.54 Å². The Morgan fingerprint density at radius 1 is 1.58 bits per heavy atom. The minimum Gasteiger partial charge on any atom is -0.351 e. The van der Waals surface area contributed by atoms with Crippen molar-refractivity contribution in [1.82, 2.24) is 5.32 Å². The fourth-order valence-electron chi connectivity index (χ4n) is 2.53. The maximum Gasteiger partial charge on any atom is 0.223 e. The van der Waals surface area contributed by atoms with Crippen molar-refractivity contribution in [2.45, 2.75) is 32.7 Å². The molecule has 0 bridgehead atoms. The minimum atomic E-state index is 0.202. The molecule has 0 radical (unpaired) electrons. The number of hydrogen-bond donors (Lipinski definition) is 2. The Balaban J connectivity index is 1.85. The average molecular weight is 276 g/mol. The number of nitrogens with one attached hydrogen (secondary N) is 1. The van der Waals surface area contributed by atoms with Gasteiger partial charge in [0.25, 0.3) is 0 Å². The lowest BCUT2D eigenvalue weighted by Gasteiger charge is -2.14. The van der Waals surface area contributed by atoms with Gasteiger partial charge in [-0.3, -0.25) is 4.79 Å². The zero-order valence-corrected chi connectivity index (χ0v) is 12.1. The molecule has 1 aliphatic rings. The molecule has 1 heterocycles. The zero-order valence-electron chi connectivity index (χ0n) is 11.2. The lowest BCUT2D eigenvalue weighted by Crippen LogP contribution is -2.31. The topological polar surface area (TPSA) is 55.1 Å². The first-order chi connectivity index (χ1) is 9.20. The summed E-state index contributed by atoms with van der Waals surface area (Å²) in [4.78, 5) is 13.2. The number of nitrogens with two attached hydrogens (primary N) is 1. The molecule has 4 heteroatoms. The molecular formula is C15H20N2OS. The van der Waals surface area contributed by atoms with E-state index in [0.717, 1.165) is 16.9 Å². The molecule has 2 atom stereocenters. The van der Waals surface area contributed by atoms with Crippen molar-refractivity contribution < 1.29 is 4.79 Å². The second-order valence-corrected chi connectivity index (χ2v) is 6.04. The van der Waals surface area contributed by atoms with Gasteiger partial charge in [-0.15, -0.1) is 11.3 Å². The predicted octanol–water partition coefficient (Wildman–Crippen LogP) is 2.11. The van der Waals surface area contributed by atoms with E-state index < -0.39 is 0 Å². The number of carbonyl (C=O) groups is 1. The summed E-state index contributed by atoms with van der Waals surface area (Å²) in [5.41, 5.74) is 6.32. The molecule has 1 aromatic rings. The highest BCUT2D eigenvalue weighted by Crippen LogP contribution is 2.31. The summed E-state index contributed by atoms with van der Waals surface area (Å²) in [7, 11) is 0. The number of amides is 1. The maximum atomic E-state index is 12.1. The average Bonchev–Trinajstić information content (AvgIpc) is 3.02. The van der Waals surface area contributed by atoms with Crippen molar-refractivity contribution >= 4 is 17.2 Å². The van der Waals surface area contributed by atoms with Gasteiger partial charge in [-0.1, -0.05) is 25.2 Å². The highest BCUT2D eigenvalue weighted by molar-refractivity contribution is 7.10. The smallest absolute Gasteiger partial charge is 0.223 e. The zero-order chi connectivity index (χ0) is 13.7. The Bertz CT molecular complexity index is 498. The Labute approximate surface area is 118 Å².